The normalized spacial score (nSPS) is 11.0. The van der Waals surface area contributed by atoms with Gasteiger partial charge in [-0.25, -0.2) is 4.98 Å². The zero-order valence-electron chi connectivity index (χ0n) is 11.1. The Morgan fingerprint density at radius 1 is 1.35 bits per heavy atom. The monoisotopic (exact) mass is 232 g/mol. The first-order valence-corrected chi connectivity index (χ1v) is 6.03. The minimum atomic E-state index is -0.0309. The van der Waals surface area contributed by atoms with Gasteiger partial charge >= 0.3 is 0 Å². The van der Waals surface area contributed by atoms with Crippen LogP contribution in [-0.4, -0.2) is 11.6 Å². The first-order chi connectivity index (χ1) is 7.99. The van der Waals surface area contributed by atoms with Gasteiger partial charge in [0.05, 0.1) is 6.61 Å². The fourth-order valence-corrected chi connectivity index (χ4v) is 1.37. The lowest BCUT2D eigenvalue weighted by Gasteiger charge is -2.18. The third-order valence-electron chi connectivity index (χ3n) is 2.49. The van der Waals surface area contributed by atoms with E-state index in [-0.39, 0.29) is 5.41 Å². The summed E-state index contributed by atoms with van der Waals surface area (Å²) in [5.74, 6) is 0.466. The molecular weight excluding hydrogens is 212 g/mol. The maximum absolute atomic E-state index is 9.00. The van der Waals surface area contributed by atoms with Crippen LogP contribution in [0.25, 0.3) is 0 Å². The molecule has 0 radical (unpaired) electrons. The standard InChI is InChI=1S/C14H20N2O/c1-5-6-9-17-13-11(10-15)7-8-12(16-13)14(2,3)4/h7-8H,5-6,9H2,1-4H3. The summed E-state index contributed by atoms with van der Waals surface area (Å²) in [5.41, 5.74) is 1.42. The van der Waals surface area contributed by atoms with Gasteiger partial charge in [0.1, 0.15) is 11.6 Å². The number of unbranched alkanes of at least 4 members (excludes halogenated alkanes) is 1. The van der Waals surface area contributed by atoms with Gasteiger partial charge in [-0.05, 0) is 18.6 Å². The van der Waals surface area contributed by atoms with Crippen LogP contribution in [0, 0.1) is 11.3 Å². The van der Waals surface area contributed by atoms with Gasteiger partial charge in [-0.3, -0.25) is 0 Å². The van der Waals surface area contributed by atoms with E-state index in [4.69, 9.17) is 10.00 Å². The van der Waals surface area contributed by atoms with E-state index in [1.165, 1.54) is 0 Å². The van der Waals surface area contributed by atoms with E-state index in [0.717, 1.165) is 18.5 Å². The maximum Gasteiger partial charge on any atom is 0.231 e. The molecule has 0 saturated heterocycles. The average molecular weight is 232 g/mol. The molecule has 0 aliphatic carbocycles. The van der Waals surface area contributed by atoms with E-state index < -0.39 is 0 Å². The first-order valence-electron chi connectivity index (χ1n) is 6.03. The topological polar surface area (TPSA) is 45.9 Å². The molecule has 1 rings (SSSR count). The third kappa shape index (κ3) is 3.74. The third-order valence-corrected chi connectivity index (χ3v) is 2.49. The quantitative estimate of drug-likeness (QED) is 0.747. The molecule has 3 heteroatoms. The fraction of sp³-hybridized carbons (Fsp3) is 0.571. The SMILES string of the molecule is CCCCOc1nc(C(C)(C)C)ccc1C#N. The van der Waals surface area contributed by atoms with Gasteiger partial charge in [0.25, 0.3) is 0 Å². The van der Waals surface area contributed by atoms with Crippen molar-refractivity contribution in [3.63, 3.8) is 0 Å². The lowest BCUT2D eigenvalue weighted by Crippen LogP contribution is -2.14. The van der Waals surface area contributed by atoms with Crippen LogP contribution in [0.15, 0.2) is 12.1 Å². The van der Waals surface area contributed by atoms with Crippen LogP contribution in [0.5, 0.6) is 5.88 Å². The van der Waals surface area contributed by atoms with Gasteiger partial charge in [-0.2, -0.15) is 5.26 Å². The Balaban J connectivity index is 2.96. The second kappa shape index (κ2) is 5.67. The Bertz CT molecular complexity index is 413. The van der Waals surface area contributed by atoms with Crippen molar-refractivity contribution < 1.29 is 4.74 Å². The minimum absolute atomic E-state index is 0.0309. The highest BCUT2D eigenvalue weighted by Crippen LogP contribution is 2.24. The highest BCUT2D eigenvalue weighted by Gasteiger charge is 2.17. The van der Waals surface area contributed by atoms with Crippen molar-refractivity contribution in [3.05, 3.63) is 23.4 Å². The van der Waals surface area contributed by atoms with E-state index in [0.29, 0.717) is 18.1 Å². The van der Waals surface area contributed by atoms with E-state index in [2.05, 4.69) is 38.7 Å². The number of pyridine rings is 1. The molecule has 0 amide bonds. The lowest BCUT2D eigenvalue weighted by atomic mass is 9.91. The van der Waals surface area contributed by atoms with Crippen molar-refractivity contribution >= 4 is 0 Å². The maximum atomic E-state index is 9.00. The molecule has 92 valence electrons. The largest absolute Gasteiger partial charge is 0.477 e. The predicted octanol–water partition coefficient (Wildman–Crippen LogP) is 3.43. The number of aromatic nitrogens is 1. The predicted molar refractivity (Wildman–Crippen MR) is 68.1 cm³/mol. The smallest absolute Gasteiger partial charge is 0.231 e. The lowest BCUT2D eigenvalue weighted by molar-refractivity contribution is 0.294. The van der Waals surface area contributed by atoms with Gasteiger partial charge in [0.2, 0.25) is 5.88 Å². The second-order valence-corrected chi connectivity index (χ2v) is 5.11. The van der Waals surface area contributed by atoms with E-state index in [9.17, 15) is 0 Å². The molecule has 3 nitrogen and oxygen atoms in total. The van der Waals surface area contributed by atoms with Gasteiger partial charge in [-0.1, -0.05) is 34.1 Å². The molecule has 0 unspecified atom stereocenters. The van der Waals surface area contributed by atoms with Crippen LogP contribution in [0.2, 0.25) is 0 Å². The van der Waals surface area contributed by atoms with Crippen molar-refractivity contribution in [3.8, 4) is 11.9 Å². The van der Waals surface area contributed by atoms with Crippen molar-refractivity contribution in [1.82, 2.24) is 4.98 Å². The Morgan fingerprint density at radius 2 is 2.06 bits per heavy atom. The van der Waals surface area contributed by atoms with Crippen molar-refractivity contribution in [1.29, 1.82) is 5.26 Å². The molecule has 0 aromatic carbocycles. The molecule has 17 heavy (non-hydrogen) atoms. The molecule has 1 heterocycles. The van der Waals surface area contributed by atoms with E-state index >= 15 is 0 Å². The minimum Gasteiger partial charge on any atom is -0.477 e. The fourth-order valence-electron chi connectivity index (χ4n) is 1.37. The number of ether oxygens (including phenoxy) is 1. The molecule has 0 aliphatic heterocycles. The molecule has 1 aromatic rings. The Morgan fingerprint density at radius 3 is 2.59 bits per heavy atom. The molecular formula is C14H20N2O. The molecule has 0 spiro atoms. The zero-order valence-corrected chi connectivity index (χ0v) is 11.1. The summed E-state index contributed by atoms with van der Waals surface area (Å²) in [6.45, 7) is 9.00. The Kier molecular flexibility index (Phi) is 4.51. The number of nitrogens with zero attached hydrogens (tertiary/aromatic N) is 2. The van der Waals surface area contributed by atoms with Crippen LogP contribution in [0.4, 0.5) is 0 Å². The Hall–Kier alpha value is -1.56. The first kappa shape index (κ1) is 13.5. The average Bonchev–Trinajstić information content (AvgIpc) is 2.28. The van der Waals surface area contributed by atoms with Crippen LogP contribution < -0.4 is 4.74 Å². The molecule has 1 aromatic heterocycles. The van der Waals surface area contributed by atoms with Crippen molar-refractivity contribution in [2.75, 3.05) is 6.61 Å². The Labute approximate surface area is 103 Å². The number of hydrogen-bond donors (Lipinski definition) is 0. The van der Waals surface area contributed by atoms with Gasteiger partial charge in [0, 0.05) is 11.1 Å². The van der Waals surface area contributed by atoms with Crippen molar-refractivity contribution in [2.45, 2.75) is 46.0 Å². The number of rotatable bonds is 4. The van der Waals surface area contributed by atoms with E-state index in [1.807, 2.05) is 6.07 Å². The summed E-state index contributed by atoms with van der Waals surface area (Å²) in [7, 11) is 0. The summed E-state index contributed by atoms with van der Waals surface area (Å²) < 4.78 is 5.57. The van der Waals surface area contributed by atoms with Gasteiger partial charge < -0.3 is 4.74 Å². The van der Waals surface area contributed by atoms with Crippen LogP contribution >= 0.6 is 0 Å². The molecule has 0 aliphatic rings. The molecule has 0 bridgehead atoms. The summed E-state index contributed by atoms with van der Waals surface area (Å²) in [4.78, 5) is 4.44. The van der Waals surface area contributed by atoms with Gasteiger partial charge in [-0.15, -0.1) is 0 Å². The van der Waals surface area contributed by atoms with Crippen LogP contribution in [-0.2, 0) is 5.41 Å². The molecule has 0 fully saturated rings. The van der Waals surface area contributed by atoms with Crippen LogP contribution in [0.1, 0.15) is 51.8 Å². The van der Waals surface area contributed by atoms with Gasteiger partial charge in [0.15, 0.2) is 0 Å². The summed E-state index contributed by atoms with van der Waals surface area (Å²) in [6, 6.07) is 5.79. The molecule has 0 saturated carbocycles. The number of nitriles is 1. The number of hydrogen-bond acceptors (Lipinski definition) is 3. The highest BCUT2D eigenvalue weighted by atomic mass is 16.5. The summed E-state index contributed by atoms with van der Waals surface area (Å²) >= 11 is 0. The summed E-state index contributed by atoms with van der Waals surface area (Å²) in [6.07, 6.45) is 2.05. The zero-order chi connectivity index (χ0) is 12.9. The second-order valence-electron chi connectivity index (χ2n) is 5.11. The molecule has 0 atom stereocenters. The van der Waals surface area contributed by atoms with E-state index in [1.54, 1.807) is 6.07 Å². The highest BCUT2D eigenvalue weighted by molar-refractivity contribution is 5.39. The summed E-state index contributed by atoms with van der Waals surface area (Å²) in [5, 5.41) is 9.00. The van der Waals surface area contributed by atoms with Crippen LogP contribution in [0.3, 0.4) is 0 Å². The molecule has 0 N–H and O–H groups in total. The van der Waals surface area contributed by atoms with Crippen molar-refractivity contribution in [2.24, 2.45) is 0 Å².